The predicted molar refractivity (Wildman–Crippen MR) is 81.6 cm³/mol. The molecule has 0 radical (unpaired) electrons. The second-order valence-corrected chi connectivity index (χ2v) is 6.34. The molecule has 0 bridgehead atoms. The summed E-state index contributed by atoms with van der Waals surface area (Å²) in [6.45, 7) is 5.64. The summed E-state index contributed by atoms with van der Waals surface area (Å²) < 4.78 is 24.5. The zero-order valence-corrected chi connectivity index (χ0v) is 12.8. The van der Waals surface area contributed by atoms with E-state index in [0.717, 1.165) is 29.7 Å². The van der Waals surface area contributed by atoms with E-state index >= 15 is 0 Å². The Labute approximate surface area is 120 Å². The van der Waals surface area contributed by atoms with Crippen LogP contribution >= 0.6 is 0 Å². The van der Waals surface area contributed by atoms with Crippen LogP contribution in [0.15, 0.2) is 18.2 Å². The highest BCUT2D eigenvalue weighted by Gasteiger charge is 2.08. The number of aryl methyl sites for hydroxylation is 1. The minimum Gasteiger partial charge on any atom is -0.370 e. The summed E-state index contributed by atoms with van der Waals surface area (Å²) in [6, 6.07) is 5.71. The topological polar surface area (TPSA) is 78.5 Å². The Morgan fingerprint density at radius 3 is 2.55 bits per heavy atom. The molecule has 112 valence electrons. The van der Waals surface area contributed by atoms with Crippen molar-refractivity contribution in [3.63, 3.8) is 0 Å². The molecule has 1 rings (SSSR count). The Morgan fingerprint density at radius 1 is 1.35 bits per heavy atom. The molecular weight excluding hydrogens is 278 g/mol. The first-order valence-electron chi connectivity index (χ1n) is 6.37. The average Bonchev–Trinajstić information content (AvgIpc) is 2.36. The lowest BCUT2D eigenvalue weighted by atomic mass is 10.1. The summed E-state index contributed by atoms with van der Waals surface area (Å²) in [5.74, 6) is 0. The van der Waals surface area contributed by atoms with Crippen LogP contribution < -0.4 is 14.9 Å². The lowest BCUT2D eigenvalue weighted by Gasteiger charge is -2.24. The Hall–Kier alpha value is -1.60. The minimum absolute atomic E-state index is 0.361. The molecule has 0 saturated carbocycles. The van der Waals surface area contributed by atoms with Gasteiger partial charge in [-0.05, 0) is 37.6 Å². The summed E-state index contributed by atoms with van der Waals surface area (Å²) in [5, 5.41) is 2.63. The van der Waals surface area contributed by atoms with E-state index in [1.807, 2.05) is 32.0 Å². The standard InChI is InChI=1S/C13H21N3O3S/c1-4-16(8-7-15-20(3,18)19)12-5-6-13(14-10-17)11(2)9-12/h5-6,9-10,15H,4,7-8H2,1-3H3,(H,14,17). The van der Waals surface area contributed by atoms with Gasteiger partial charge in [-0.1, -0.05) is 0 Å². The Kier molecular flexibility index (Phi) is 5.97. The van der Waals surface area contributed by atoms with Crippen LogP contribution in [0.2, 0.25) is 0 Å². The Bertz CT molecular complexity index is 558. The first-order valence-corrected chi connectivity index (χ1v) is 8.27. The number of sulfonamides is 1. The zero-order chi connectivity index (χ0) is 15.2. The molecule has 2 N–H and O–H groups in total. The van der Waals surface area contributed by atoms with Crippen LogP contribution in [0.3, 0.4) is 0 Å². The summed E-state index contributed by atoms with van der Waals surface area (Å²) in [4.78, 5) is 12.5. The molecule has 0 saturated heterocycles. The minimum atomic E-state index is -3.16. The fraction of sp³-hybridized carbons (Fsp3) is 0.462. The number of hydrogen-bond donors (Lipinski definition) is 2. The van der Waals surface area contributed by atoms with Crippen molar-refractivity contribution in [1.29, 1.82) is 0 Å². The highest BCUT2D eigenvalue weighted by molar-refractivity contribution is 7.88. The third kappa shape index (κ3) is 5.18. The molecule has 0 aliphatic carbocycles. The van der Waals surface area contributed by atoms with Gasteiger partial charge in [-0.3, -0.25) is 4.79 Å². The van der Waals surface area contributed by atoms with E-state index in [2.05, 4.69) is 14.9 Å². The van der Waals surface area contributed by atoms with Crippen LogP contribution in [0.5, 0.6) is 0 Å². The van der Waals surface area contributed by atoms with Crippen molar-refractivity contribution < 1.29 is 13.2 Å². The molecule has 0 heterocycles. The average molecular weight is 299 g/mol. The normalized spacial score (nSPS) is 11.2. The molecule has 7 heteroatoms. The molecule has 0 aliphatic rings. The SMILES string of the molecule is CCN(CCNS(C)(=O)=O)c1ccc(NC=O)c(C)c1. The first kappa shape index (κ1) is 16.5. The zero-order valence-electron chi connectivity index (χ0n) is 12.0. The van der Waals surface area contributed by atoms with E-state index in [1.165, 1.54) is 0 Å². The number of carbonyl (C=O) groups is 1. The molecule has 0 unspecified atom stereocenters. The van der Waals surface area contributed by atoms with Gasteiger partial charge >= 0.3 is 0 Å². The molecule has 0 fully saturated rings. The van der Waals surface area contributed by atoms with Gasteiger partial charge < -0.3 is 10.2 Å². The molecule has 6 nitrogen and oxygen atoms in total. The lowest BCUT2D eigenvalue weighted by molar-refractivity contribution is -0.105. The van der Waals surface area contributed by atoms with Gasteiger partial charge in [-0.2, -0.15) is 0 Å². The lowest BCUT2D eigenvalue weighted by Crippen LogP contribution is -2.34. The smallest absolute Gasteiger partial charge is 0.211 e. The largest absolute Gasteiger partial charge is 0.370 e. The molecule has 0 spiro atoms. The quantitative estimate of drug-likeness (QED) is 0.700. The molecule has 20 heavy (non-hydrogen) atoms. The van der Waals surface area contributed by atoms with Crippen molar-refractivity contribution in [2.75, 3.05) is 36.1 Å². The molecule has 0 atom stereocenters. The molecular formula is C13H21N3O3S. The predicted octanol–water partition coefficient (Wildman–Crippen LogP) is 0.939. The third-order valence-electron chi connectivity index (χ3n) is 2.92. The van der Waals surface area contributed by atoms with Gasteiger partial charge in [0.25, 0.3) is 0 Å². The molecule has 0 aliphatic heterocycles. The van der Waals surface area contributed by atoms with Crippen LogP contribution in [0, 0.1) is 6.92 Å². The van der Waals surface area contributed by atoms with Crippen LogP contribution in [-0.4, -0.2) is 40.7 Å². The van der Waals surface area contributed by atoms with Crippen molar-refractivity contribution in [2.24, 2.45) is 0 Å². The van der Waals surface area contributed by atoms with Crippen LogP contribution in [0.25, 0.3) is 0 Å². The fourth-order valence-corrected chi connectivity index (χ4v) is 2.37. The number of hydrogen-bond acceptors (Lipinski definition) is 4. The van der Waals surface area contributed by atoms with E-state index in [4.69, 9.17) is 0 Å². The fourth-order valence-electron chi connectivity index (χ4n) is 1.91. The van der Waals surface area contributed by atoms with Gasteiger partial charge in [0.15, 0.2) is 0 Å². The van der Waals surface area contributed by atoms with Crippen molar-refractivity contribution in [3.05, 3.63) is 23.8 Å². The van der Waals surface area contributed by atoms with E-state index < -0.39 is 10.0 Å². The van der Waals surface area contributed by atoms with Gasteiger partial charge in [-0.15, -0.1) is 0 Å². The monoisotopic (exact) mass is 299 g/mol. The summed E-state index contributed by atoms with van der Waals surface area (Å²) in [5.41, 5.74) is 2.73. The summed E-state index contributed by atoms with van der Waals surface area (Å²) >= 11 is 0. The van der Waals surface area contributed by atoms with E-state index in [1.54, 1.807) is 0 Å². The number of anilines is 2. The van der Waals surface area contributed by atoms with Gasteiger partial charge in [0.2, 0.25) is 16.4 Å². The molecule has 1 aromatic carbocycles. The Balaban J connectivity index is 2.74. The van der Waals surface area contributed by atoms with E-state index in [0.29, 0.717) is 19.5 Å². The van der Waals surface area contributed by atoms with E-state index in [-0.39, 0.29) is 0 Å². The first-order chi connectivity index (χ1) is 9.37. The number of benzene rings is 1. The van der Waals surface area contributed by atoms with Crippen molar-refractivity contribution in [3.8, 4) is 0 Å². The van der Waals surface area contributed by atoms with Crippen molar-refractivity contribution in [1.82, 2.24) is 4.72 Å². The number of carbonyl (C=O) groups excluding carboxylic acids is 1. The van der Waals surface area contributed by atoms with Gasteiger partial charge in [0.05, 0.1) is 6.26 Å². The number of nitrogens with zero attached hydrogens (tertiary/aromatic N) is 1. The maximum atomic E-state index is 11.0. The van der Waals surface area contributed by atoms with E-state index in [9.17, 15) is 13.2 Å². The number of likely N-dealkylation sites (N-methyl/N-ethyl adjacent to an activating group) is 1. The molecule has 1 amide bonds. The summed E-state index contributed by atoms with van der Waals surface area (Å²) in [6.07, 6.45) is 1.79. The number of rotatable bonds is 8. The van der Waals surface area contributed by atoms with Gasteiger partial charge in [0.1, 0.15) is 0 Å². The van der Waals surface area contributed by atoms with Crippen molar-refractivity contribution in [2.45, 2.75) is 13.8 Å². The summed E-state index contributed by atoms with van der Waals surface area (Å²) in [7, 11) is -3.16. The van der Waals surface area contributed by atoms with Gasteiger partial charge in [0, 0.05) is 31.0 Å². The second-order valence-electron chi connectivity index (χ2n) is 4.51. The highest BCUT2D eigenvalue weighted by atomic mass is 32.2. The van der Waals surface area contributed by atoms with Crippen LogP contribution in [0.4, 0.5) is 11.4 Å². The van der Waals surface area contributed by atoms with Crippen LogP contribution in [0.1, 0.15) is 12.5 Å². The second kappa shape index (κ2) is 7.25. The molecule has 1 aromatic rings. The molecule has 0 aromatic heterocycles. The number of amides is 1. The third-order valence-corrected chi connectivity index (χ3v) is 3.65. The van der Waals surface area contributed by atoms with Crippen LogP contribution in [-0.2, 0) is 14.8 Å². The maximum absolute atomic E-state index is 11.0. The van der Waals surface area contributed by atoms with Gasteiger partial charge in [-0.25, -0.2) is 13.1 Å². The Morgan fingerprint density at radius 2 is 2.05 bits per heavy atom. The highest BCUT2D eigenvalue weighted by Crippen LogP contribution is 2.22. The van der Waals surface area contributed by atoms with Crippen molar-refractivity contribution >= 4 is 27.8 Å². The maximum Gasteiger partial charge on any atom is 0.211 e. The number of nitrogens with one attached hydrogen (secondary N) is 2.